The van der Waals surface area contributed by atoms with E-state index in [9.17, 15) is 28.2 Å². The van der Waals surface area contributed by atoms with E-state index in [1.807, 2.05) is 0 Å². The van der Waals surface area contributed by atoms with Gasteiger partial charge in [0.25, 0.3) is 0 Å². The minimum absolute atomic E-state index is 0.105. The van der Waals surface area contributed by atoms with Gasteiger partial charge in [0.2, 0.25) is 5.91 Å². The van der Waals surface area contributed by atoms with Gasteiger partial charge < -0.3 is 20.8 Å². The smallest absolute Gasteiger partial charge is 0.402 e. The average molecular weight is 368 g/mol. The molecule has 0 aliphatic carbocycles. The summed E-state index contributed by atoms with van der Waals surface area (Å²) in [7, 11) is 1.49. The largest absolute Gasteiger partial charge is 0.506 e. The van der Waals surface area contributed by atoms with Gasteiger partial charge in [-0.05, 0) is 42.3 Å². The highest BCUT2D eigenvalue weighted by molar-refractivity contribution is 5.90. The van der Waals surface area contributed by atoms with Crippen LogP contribution in [0.15, 0.2) is 36.4 Å². The molecule has 2 aromatic rings. The lowest BCUT2D eigenvalue weighted by Crippen LogP contribution is -2.40. The van der Waals surface area contributed by atoms with Crippen LogP contribution < -0.4 is 10.6 Å². The van der Waals surface area contributed by atoms with Crippen molar-refractivity contribution in [3.63, 3.8) is 0 Å². The molecule has 0 heterocycles. The Labute approximate surface area is 148 Å². The molecule has 2 rings (SSSR count). The molecule has 0 aliphatic heterocycles. The van der Waals surface area contributed by atoms with E-state index in [4.69, 9.17) is 0 Å². The summed E-state index contributed by atoms with van der Waals surface area (Å²) in [6.07, 6.45) is -4.68. The summed E-state index contributed by atoms with van der Waals surface area (Å²) < 4.78 is 42.2. The topological polar surface area (TPSA) is 81.6 Å². The number of nitrogens with one attached hydrogen (secondary N) is 2. The van der Waals surface area contributed by atoms with E-state index in [1.165, 1.54) is 32.2 Å². The molecule has 0 bridgehead atoms. The average Bonchev–Trinajstić information content (AvgIpc) is 2.55. The highest BCUT2D eigenvalue weighted by Gasteiger charge is 2.53. The van der Waals surface area contributed by atoms with E-state index in [2.05, 4.69) is 10.6 Å². The number of alkyl halides is 3. The van der Waals surface area contributed by atoms with E-state index in [0.717, 1.165) is 25.1 Å². The number of phenolic OH excluding ortho intramolecular Hbond substituents is 2. The number of amides is 1. The molecule has 0 saturated heterocycles. The van der Waals surface area contributed by atoms with Gasteiger partial charge in [-0.3, -0.25) is 4.79 Å². The van der Waals surface area contributed by atoms with E-state index in [0.29, 0.717) is 0 Å². The third kappa shape index (κ3) is 3.40. The number of hydrogen-bond donors (Lipinski definition) is 4. The Balaban J connectivity index is 2.71. The monoisotopic (exact) mass is 368 g/mol. The fourth-order valence-corrected chi connectivity index (χ4v) is 2.68. The Morgan fingerprint density at radius 1 is 0.962 bits per heavy atom. The second-order valence-electron chi connectivity index (χ2n) is 6.02. The number of anilines is 2. The summed E-state index contributed by atoms with van der Waals surface area (Å²) in [6.45, 7) is 2.19. The van der Waals surface area contributed by atoms with E-state index >= 15 is 0 Å². The third-order valence-electron chi connectivity index (χ3n) is 4.29. The molecule has 8 heteroatoms. The summed E-state index contributed by atoms with van der Waals surface area (Å²) in [4.78, 5) is 11.2. The number of phenols is 2. The minimum Gasteiger partial charge on any atom is -0.506 e. The molecule has 0 fully saturated rings. The zero-order valence-electron chi connectivity index (χ0n) is 14.4. The van der Waals surface area contributed by atoms with E-state index < -0.39 is 17.5 Å². The van der Waals surface area contributed by atoms with Crippen molar-refractivity contribution in [2.75, 3.05) is 17.7 Å². The number of carbonyl (C=O) groups is 1. The molecule has 0 spiro atoms. The molecule has 1 atom stereocenters. The van der Waals surface area contributed by atoms with Crippen molar-refractivity contribution in [2.45, 2.75) is 25.4 Å². The van der Waals surface area contributed by atoms with Gasteiger partial charge in [0, 0.05) is 14.0 Å². The molecule has 0 aromatic heterocycles. The number of rotatable bonds is 4. The SMILES string of the molecule is CNc1cc(C(C)(c2ccc(O)c(NC(C)=O)c2)C(F)(F)F)ccc1O. The molecule has 5 nitrogen and oxygen atoms in total. The molecule has 1 amide bonds. The van der Waals surface area contributed by atoms with Crippen LogP contribution in [0.1, 0.15) is 25.0 Å². The van der Waals surface area contributed by atoms with Crippen molar-refractivity contribution in [3.05, 3.63) is 47.5 Å². The van der Waals surface area contributed by atoms with E-state index in [-0.39, 0.29) is 34.0 Å². The Hall–Kier alpha value is -2.90. The fourth-order valence-electron chi connectivity index (χ4n) is 2.68. The Bertz CT molecular complexity index is 837. The van der Waals surface area contributed by atoms with Crippen LogP contribution in [0.25, 0.3) is 0 Å². The summed E-state index contributed by atoms with van der Waals surface area (Å²) in [5, 5.41) is 24.5. The lowest BCUT2D eigenvalue weighted by atomic mass is 9.75. The van der Waals surface area contributed by atoms with Crippen molar-refractivity contribution < 1.29 is 28.2 Å². The molecular weight excluding hydrogens is 349 g/mol. The van der Waals surface area contributed by atoms with Gasteiger partial charge in [-0.15, -0.1) is 0 Å². The second-order valence-corrected chi connectivity index (χ2v) is 6.02. The molecule has 4 N–H and O–H groups in total. The molecule has 0 aliphatic rings. The molecule has 0 saturated carbocycles. The highest BCUT2D eigenvalue weighted by Crippen LogP contribution is 2.48. The van der Waals surface area contributed by atoms with Crippen LogP contribution in [0.2, 0.25) is 0 Å². The first kappa shape index (κ1) is 19.4. The standard InChI is InChI=1S/C18H19F3N2O3/c1-10(24)23-14-9-12(5-7-16(14)26)17(2,18(19,20)21)11-4-6-15(25)13(8-11)22-3/h4-9,22,25-26H,1-3H3,(H,23,24). The van der Waals surface area contributed by atoms with Gasteiger partial charge in [0.05, 0.1) is 11.4 Å². The first-order valence-corrected chi connectivity index (χ1v) is 7.69. The number of hydrogen-bond acceptors (Lipinski definition) is 4. The van der Waals surface area contributed by atoms with Crippen LogP contribution in [-0.2, 0) is 10.2 Å². The Morgan fingerprint density at radius 2 is 1.42 bits per heavy atom. The van der Waals surface area contributed by atoms with Crippen molar-refractivity contribution in [3.8, 4) is 11.5 Å². The maximum absolute atomic E-state index is 14.1. The fraction of sp³-hybridized carbons (Fsp3) is 0.278. The third-order valence-corrected chi connectivity index (χ3v) is 4.29. The Kier molecular flexibility index (Phi) is 5.06. The quantitative estimate of drug-likeness (QED) is 0.616. The van der Waals surface area contributed by atoms with Crippen molar-refractivity contribution in [1.82, 2.24) is 0 Å². The van der Waals surface area contributed by atoms with Crippen LogP contribution in [0, 0.1) is 0 Å². The van der Waals surface area contributed by atoms with Crippen LogP contribution in [0.5, 0.6) is 11.5 Å². The molecule has 0 radical (unpaired) electrons. The van der Waals surface area contributed by atoms with Gasteiger partial charge in [-0.2, -0.15) is 13.2 Å². The first-order chi connectivity index (χ1) is 12.0. The zero-order chi connectivity index (χ0) is 19.7. The van der Waals surface area contributed by atoms with Crippen LogP contribution >= 0.6 is 0 Å². The number of halogens is 3. The van der Waals surface area contributed by atoms with Gasteiger partial charge in [-0.25, -0.2) is 0 Å². The summed E-state index contributed by atoms with van der Waals surface area (Å²) in [6, 6.07) is 6.93. The van der Waals surface area contributed by atoms with Crippen LogP contribution in [-0.4, -0.2) is 29.3 Å². The predicted molar refractivity (Wildman–Crippen MR) is 92.6 cm³/mol. The number of aromatic hydroxyl groups is 2. The molecule has 2 aromatic carbocycles. The highest BCUT2D eigenvalue weighted by atomic mass is 19.4. The second kappa shape index (κ2) is 6.78. The van der Waals surface area contributed by atoms with Crippen LogP contribution in [0.3, 0.4) is 0 Å². The van der Waals surface area contributed by atoms with Gasteiger partial charge in [-0.1, -0.05) is 12.1 Å². The normalized spacial score (nSPS) is 13.8. The number of carbonyl (C=O) groups excluding carboxylic acids is 1. The summed E-state index contributed by atoms with van der Waals surface area (Å²) >= 11 is 0. The zero-order valence-corrected chi connectivity index (χ0v) is 14.4. The van der Waals surface area contributed by atoms with Crippen molar-refractivity contribution >= 4 is 17.3 Å². The predicted octanol–water partition coefficient (Wildman–Crippen LogP) is 3.97. The molecule has 1 unspecified atom stereocenters. The van der Waals surface area contributed by atoms with Gasteiger partial charge >= 0.3 is 6.18 Å². The van der Waals surface area contributed by atoms with Crippen molar-refractivity contribution in [1.29, 1.82) is 0 Å². The number of benzene rings is 2. The van der Waals surface area contributed by atoms with Gasteiger partial charge in [0.1, 0.15) is 16.9 Å². The minimum atomic E-state index is -4.68. The molecular formula is C18H19F3N2O3. The lowest BCUT2D eigenvalue weighted by molar-refractivity contribution is -0.173. The summed E-state index contributed by atoms with van der Waals surface area (Å²) in [5.41, 5.74) is -2.67. The molecule has 26 heavy (non-hydrogen) atoms. The first-order valence-electron chi connectivity index (χ1n) is 7.69. The lowest BCUT2D eigenvalue weighted by Gasteiger charge is -2.34. The van der Waals surface area contributed by atoms with Crippen LogP contribution in [0.4, 0.5) is 24.5 Å². The molecule has 140 valence electrons. The van der Waals surface area contributed by atoms with Crippen molar-refractivity contribution in [2.24, 2.45) is 0 Å². The van der Waals surface area contributed by atoms with E-state index in [1.54, 1.807) is 0 Å². The van der Waals surface area contributed by atoms with Gasteiger partial charge in [0.15, 0.2) is 0 Å². The maximum Gasteiger partial charge on any atom is 0.402 e. The Morgan fingerprint density at radius 3 is 1.85 bits per heavy atom. The summed E-state index contributed by atoms with van der Waals surface area (Å²) in [5.74, 6) is -1.03. The maximum atomic E-state index is 14.1.